The molecule has 0 amide bonds. The van der Waals surface area contributed by atoms with Gasteiger partial charge in [-0.2, -0.15) is 0 Å². The molecule has 0 saturated heterocycles. The zero-order valence-corrected chi connectivity index (χ0v) is 4.00. The first-order valence-corrected chi connectivity index (χ1v) is 1.93. The topological polar surface area (TPSA) is 92.6 Å². The molecule has 0 aliphatic carbocycles. The van der Waals surface area contributed by atoms with Crippen molar-refractivity contribution < 1.29 is 15.0 Å². The van der Waals surface area contributed by atoms with Gasteiger partial charge < -0.3 is 20.9 Å². The fraction of sp³-hybridized carbons (Fsp3) is 0.667. The van der Waals surface area contributed by atoms with Crippen LogP contribution in [0.4, 0.5) is 0 Å². The number of carboxylic acid groups (broad SMARTS) is 1. The summed E-state index contributed by atoms with van der Waals surface area (Å²) in [5.74, 6) is -1.34. The molecule has 0 radical (unpaired) electrons. The van der Waals surface area contributed by atoms with Crippen LogP contribution in [0.1, 0.15) is 0 Å². The van der Waals surface area contributed by atoms with Gasteiger partial charge in [-0.3, -0.25) is 4.79 Å². The van der Waals surface area contributed by atoms with Crippen molar-refractivity contribution in [2.45, 2.75) is 6.04 Å². The average Bonchev–Trinajstić information content (AvgIpc) is 1.69. The van der Waals surface area contributed by atoms with Gasteiger partial charge in [0, 0.05) is 0 Å². The summed E-state index contributed by atoms with van der Waals surface area (Å²) in [6.07, 6.45) is 0. The molecule has 0 aromatic rings. The van der Waals surface area contributed by atoms with E-state index in [0.29, 0.717) is 0 Å². The minimum Gasteiger partial charge on any atom is -0.787 e. The minimum absolute atomic E-state index is 0.682. The third kappa shape index (κ3) is 1.87. The second-order valence-electron chi connectivity index (χ2n) is 1.19. The Balaban J connectivity index is 3.52. The zero-order chi connectivity index (χ0) is 6.57. The van der Waals surface area contributed by atoms with Crippen LogP contribution in [0.25, 0.3) is 0 Å². The van der Waals surface area contributed by atoms with Gasteiger partial charge in [0.15, 0.2) is 0 Å². The lowest BCUT2D eigenvalue weighted by atomic mass is 10.3. The van der Waals surface area contributed by atoms with Crippen LogP contribution >= 0.6 is 0 Å². The van der Waals surface area contributed by atoms with Crippen LogP contribution in [0, 0.1) is 5.21 Å². The number of hydrogen-bond acceptors (Lipinski definition) is 4. The lowest BCUT2D eigenvalue weighted by Crippen LogP contribution is -2.35. The molecule has 0 spiro atoms. The predicted molar refractivity (Wildman–Crippen MR) is 25.0 cm³/mol. The van der Waals surface area contributed by atoms with E-state index in [0.717, 1.165) is 5.48 Å². The van der Waals surface area contributed by atoms with E-state index in [9.17, 15) is 10.0 Å². The van der Waals surface area contributed by atoms with Gasteiger partial charge in [0.05, 0.1) is 6.61 Å². The van der Waals surface area contributed by atoms with E-state index < -0.39 is 18.6 Å². The summed E-state index contributed by atoms with van der Waals surface area (Å²) in [7, 11) is 0. The first-order chi connectivity index (χ1) is 3.72. The Bertz CT molecular complexity index is 79.4. The lowest BCUT2D eigenvalue weighted by molar-refractivity contribution is -0.140. The second-order valence-corrected chi connectivity index (χ2v) is 1.19. The van der Waals surface area contributed by atoms with E-state index in [2.05, 4.69) is 0 Å². The van der Waals surface area contributed by atoms with Crippen molar-refractivity contribution in [2.24, 2.45) is 0 Å². The number of aliphatic hydroxyl groups excluding tert-OH is 1. The Morgan fingerprint density at radius 2 is 2.38 bits per heavy atom. The van der Waals surface area contributed by atoms with E-state index in [4.69, 9.17) is 10.2 Å². The number of hydrogen-bond donors (Lipinski definition) is 3. The first-order valence-electron chi connectivity index (χ1n) is 1.93. The van der Waals surface area contributed by atoms with E-state index in [1.165, 1.54) is 0 Å². The van der Waals surface area contributed by atoms with Gasteiger partial charge in [0.1, 0.15) is 6.04 Å². The molecule has 0 fully saturated rings. The van der Waals surface area contributed by atoms with E-state index in [-0.39, 0.29) is 0 Å². The molecule has 0 bridgehead atoms. The summed E-state index contributed by atoms with van der Waals surface area (Å²) in [6.45, 7) is -0.682. The van der Waals surface area contributed by atoms with Gasteiger partial charge in [-0.25, -0.2) is 0 Å². The van der Waals surface area contributed by atoms with Crippen molar-refractivity contribution in [2.75, 3.05) is 6.61 Å². The highest BCUT2D eigenvalue weighted by Gasteiger charge is 2.08. The number of hydroxylamine groups is 1. The lowest BCUT2D eigenvalue weighted by Gasteiger charge is -2.13. The van der Waals surface area contributed by atoms with E-state index in [1.54, 1.807) is 0 Å². The van der Waals surface area contributed by atoms with Gasteiger partial charge in [0.25, 0.3) is 0 Å². The monoisotopic (exact) mass is 120 g/mol. The molecule has 1 atom stereocenters. The van der Waals surface area contributed by atoms with E-state index >= 15 is 0 Å². The number of aliphatic hydroxyl groups is 1. The Labute approximate surface area is 45.5 Å². The second kappa shape index (κ2) is 3.36. The molecule has 8 heavy (non-hydrogen) atoms. The smallest absolute Gasteiger partial charge is 0.322 e. The quantitative estimate of drug-likeness (QED) is 0.395. The maximum atomic E-state index is 9.74. The van der Waals surface area contributed by atoms with Crippen LogP contribution in [-0.4, -0.2) is 28.8 Å². The standard InChI is InChI=1S/C3H6NO4/c5-1-2(4-8)3(6)7/h2,4-5H,1H2,(H,6,7)/q-1/t2-/m0/s1. The molecule has 0 aromatic carbocycles. The highest BCUT2D eigenvalue weighted by Crippen LogP contribution is 1.77. The molecular weight excluding hydrogens is 114 g/mol. The number of rotatable bonds is 3. The summed E-state index contributed by atoms with van der Waals surface area (Å²) in [5, 5.41) is 25.5. The van der Waals surface area contributed by atoms with Crippen molar-refractivity contribution in [1.29, 1.82) is 0 Å². The molecule has 0 aliphatic heterocycles. The summed E-state index contributed by atoms with van der Waals surface area (Å²) >= 11 is 0. The molecular formula is C3H6NO4-. The zero-order valence-electron chi connectivity index (χ0n) is 4.00. The van der Waals surface area contributed by atoms with Gasteiger partial charge in [-0.15, -0.1) is 0 Å². The molecule has 0 aromatic heterocycles. The Morgan fingerprint density at radius 3 is 2.38 bits per heavy atom. The molecule has 5 heteroatoms. The molecule has 48 valence electrons. The van der Waals surface area contributed by atoms with Crippen molar-refractivity contribution in [3.8, 4) is 0 Å². The Morgan fingerprint density at radius 1 is 1.88 bits per heavy atom. The van der Waals surface area contributed by atoms with E-state index in [1.807, 2.05) is 0 Å². The summed E-state index contributed by atoms with van der Waals surface area (Å²) < 4.78 is 0. The fourth-order valence-corrected chi connectivity index (χ4v) is 0.166. The number of carbonyl (C=O) groups is 1. The molecule has 0 rings (SSSR count). The molecule has 0 saturated carbocycles. The SMILES string of the molecule is O=C(O)[C@H](CO)N[O-]. The van der Waals surface area contributed by atoms with Crippen LogP contribution in [0.5, 0.6) is 0 Å². The summed E-state index contributed by atoms with van der Waals surface area (Å²) in [4.78, 5) is 9.74. The van der Waals surface area contributed by atoms with Crippen molar-refractivity contribution in [1.82, 2.24) is 5.48 Å². The van der Waals surface area contributed by atoms with Crippen molar-refractivity contribution >= 4 is 5.97 Å². The Kier molecular flexibility index (Phi) is 3.09. The maximum absolute atomic E-state index is 9.74. The normalized spacial score (nSPS) is 13.2. The predicted octanol–water partition coefficient (Wildman–Crippen LogP) is -1.48. The highest BCUT2D eigenvalue weighted by atomic mass is 16.5. The first kappa shape index (κ1) is 7.35. The number of nitrogens with one attached hydrogen (secondary N) is 1. The molecule has 0 heterocycles. The van der Waals surface area contributed by atoms with Crippen LogP contribution in [-0.2, 0) is 4.79 Å². The number of aliphatic carboxylic acids is 1. The third-order valence-electron chi connectivity index (χ3n) is 0.623. The highest BCUT2D eigenvalue weighted by molar-refractivity contribution is 5.73. The van der Waals surface area contributed by atoms with Gasteiger partial charge >= 0.3 is 5.97 Å². The molecule has 5 nitrogen and oxygen atoms in total. The van der Waals surface area contributed by atoms with Crippen LogP contribution in [0.3, 0.4) is 0 Å². The largest absolute Gasteiger partial charge is 0.787 e. The van der Waals surface area contributed by atoms with Crippen molar-refractivity contribution in [3.63, 3.8) is 0 Å². The van der Waals surface area contributed by atoms with Crippen molar-refractivity contribution in [3.05, 3.63) is 5.21 Å². The maximum Gasteiger partial charge on any atom is 0.322 e. The molecule has 0 aliphatic rings. The molecule has 0 unspecified atom stereocenters. The van der Waals surface area contributed by atoms with Gasteiger partial charge in [0.2, 0.25) is 0 Å². The Hall–Kier alpha value is -0.650. The van der Waals surface area contributed by atoms with Crippen LogP contribution in [0.15, 0.2) is 0 Å². The minimum atomic E-state index is -1.38. The fourth-order valence-electron chi connectivity index (χ4n) is 0.166. The van der Waals surface area contributed by atoms with Crippen LogP contribution < -0.4 is 5.48 Å². The van der Waals surface area contributed by atoms with Gasteiger partial charge in [-0.05, 0) is 0 Å². The summed E-state index contributed by atoms with van der Waals surface area (Å²) in [6, 6.07) is -1.38. The summed E-state index contributed by atoms with van der Waals surface area (Å²) in [5.41, 5.74) is 1.15. The molecule has 3 N–H and O–H groups in total. The number of carboxylic acids is 1. The average molecular weight is 120 g/mol. The third-order valence-corrected chi connectivity index (χ3v) is 0.623. The van der Waals surface area contributed by atoms with Gasteiger partial charge in [-0.1, -0.05) is 0 Å². The van der Waals surface area contributed by atoms with Crippen LogP contribution in [0.2, 0.25) is 0 Å².